The average Bonchev–Trinajstić information content (AvgIpc) is 2.39. The van der Waals surface area contributed by atoms with Gasteiger partial charge in [-0.05, 0) is 13.0 Å². The van der Waals surface area contributed by atoms with E-state index < -0.39 is 24.2 Å². The van der Waals surface area contributed by atoms with Gasteiger partial charge in [0, 0.05) is 23.7 Å². The minimum Gasteiger partial charge on any atom is -0.384 e. The SMILES string of the molecule is C[C@@](O)(CNC(=O)C1CN(CC(F)(F)F)C1)c1ccccc1Cl. The molecule has 2 rings (SSSR count). The number of rotatable bonds is 5. The van der Waals surface area contributed by atoms with Crippen molar-refractivity contribution in [3.05, 3.63) is 34.9 Å². The van der Waals surface area contributed by atoms with Gasteiger partial charge in [-0.25, -0.2) is 0 Å². The van der Waals surface area contributed by atoms with E-state index in [9.17, 15) is 23.1 Å². The van der Waals surface area contributed by atoms with Gasteiger partial charge in [-0.1, -0.05) is 29.8 Å². The lowest BCUT2D eigenvalue weighted by atomic mass is 9.94. The fourth-order valence-corrected chi connectivity index (χ4v) is 2.85. The molecule has 0 unspecified atom stereocenters. The number of alkyl halides is 3. The van der Waals surface area contributed by atoms with Crippen LogP contribution in [-0.2, 0) is 10.4 Å². The molecule has 4 nitrogen and oxygen atoms in total. The van der Waals surface area contributed by atoms with Crippen molar-refractivity contribution in [3.8, 4) is 0 Å². The second-order valence-corrected chi connectivity index (χ2v) is 6.38. The minimum atomic E-state index is -4.25. The van der Waals surface area contributed by atoms with Crippen molar-refractivity contribution in [1.82, 2.24) is 10.2 Å². The van der Waals surface area contributed by atoms with Gasteiger partial charge in [0.15, 0.2) is 0 Å². The quantitative estimate of drug-likeness (QED) is 0.855. The summed E-state index contributed by atoms with van der Waals surface area (Å²) in [4.78, 5) is 13.1. The molecule has 1 aliphatic rings. The second-order valence-electron chi connectivity index (χ2n) is 5.98. The molecule has 0 radical (unpaired) electrons. The minimum absolute atomic E-state index is 0.0641. The van der Waals surface area contributed by atoms with Gasteiger partial charge in [-0.3, -0.25) is 9.69 Å². The lowest BCUT2D eigenvalue weighted by Crippen LogP contribution is -2.56. The zero-order chi connectivity index (χ0) is 17.3. The number of likely N-dealkylation sites (tertiary alicyclic amines) is 1. The number of hydrogen-bond acceptors (Lipinski definition) is 3. The van der Waals surface area contributed by atoms with Gasteiger partial charge in [0.25, 0.3) is 0 Å². The molecule has 0 bridgehead atoms. The molecule has 1 fully saturated rings. The molecular weight excluding hydrogens is 333 g/mol. The smallest absolute Gasteiger partial charge is 0.384 e. The molecule has 1 saturated heterocycles. The van der Waals surface area contributed by atoms with Crippen LogP contribution in [0.4, 0.5) is 13.2 Å². The third kappa shape index (κ3) is 4.83. The van der Waals surface area contributed by atoms with E-state index in [0.717, 1.165) is 4.90 Å². The third-order valence-electron chi connectivity index (χ3n) is 3.79. The van der Waals surface area contributed by atoms with Crippen LogP contribution in [0.15, 0.2) is 24.3 Å². The number of hydrogen-bond donors (Lipinski definition) is 2. The summed E-state index contributed by atoms with van der Waals surface area (Å²) >= 11 is 6.02. The van der Waals surface area contributed by atoms with Gasteiger partial charge in [-0.15, -0.1) is 0 Å². The van der Waals surface area contributed by atoms with Crippen LogP contribution in [0.25, 0.3) is 0 Å². The second kappa shape index (κ2) is 6.67. The maximum Gasteiger partial charge on any atom is 0.401 e. The summed E-state index contributed by atoms with van der Waals surface area (Å²) in [5, 5.41) is 13.4. The zero-order valence-electron chi connectivity index (χ0n) is 12.5. The van der Waals surface area contributed by atoms with Gasteiger partial charge in [0.05, 0.1) is 19.0 Å². The highest BCUT2D eigenvalue weighted by Crippen LogP contribution is 2.28. The van der Waals surface area contributed by atoms with E-state index in [1.54, 1.807) is 24.3 Å². The Hall–Kier alpha value is -1.31. The Morgan fingerprint density at radius 3 is 2.57 bits per heavy atom. The summed E-state index contributed by atoms with van der Waals surface area (Å²) in [6.45, 7) is 0.587. The fourth-order valence-electron chi connectivity index (χ4n) is 2.52. The van der Waals surface area contributed by atoms with Crippen molar-refractivity contribution in [2.45, 2.75) is 18.7 Å². The number of carbonyl (C=O) groups excluding carboxylic acids is 1. The van der Waals surface area contributed by atoms with Gasteiger partial charge in [0.2, 0.25) is 5.91 Å². The van der Waals surface area contributed by atoms with Crippen LogP contribution < -0.4 is 5.32 Å². The van der Waals surface area contributed by atoms with Gasteiger partial charge in [0.1, 0.15) is 5.60 Å². The van der Waals surface area contributed by atoms with Crippen LogP contribution in [0.2, 0.25) is 5.02 Å². The molecular formula is C15H18ClF3N2O2. The summed E-state index contributed by atoms with van der Waals surface area (Å²) < 4.78 is 36.6. The molecule has 23 heavy (non-hydrogen) atoms. The Balaban J connectivity index is 1.83. The van der Waals surface area contributed by atoms with Crippen molar-refractivity contribution in [2.75, 3.05) is 26.2 Å². The van der Waals surface area contributed by atoms with E-state index in [2.05, 4.69) is 5.32 Å². The van der Waals surface area contributed by atoms with E-state index in [-0.39, 0.29) is 25.5 Å². The number of halogens is 4. The molecule has 1 heterocycles. The Bertz CT molecular complexity index is 572. The van der Waals surface area contributed by atoms with Crippen molar-refractivity contribution in [1.29, 1.82) is 0 Å². The van der Waals surface area contributed by atoms with Crippen molar-refractivity contribution in [2.24, 2.45) is 5.92 Å². The summed E-state index contributed by atoms with van der Waals surface area (Å²) in [5.41, 5.74) is -0.877. The normalized spacial score (nSPS) is 19.0. The highest BCUT2D eigenvalue weighted by atomic mass is 35.5. The molecule has 128 valence electrons. The van der Waals surface area contributed by atoms with Crippen LogP contribution in [0.5, 0.6) is 0 Å². The van der Waals surface area contributed by atoms with Gasteiger partial charge >= 0.3 is 6.18 Å². The molecule has 1 atom stereocenters. The van der Waals surface area contributed by atoms with Crippen molar-refractivity contribution >= 4 is 17.5 Å². The molecule has 0 aromatic heterocycles. The molecule has 0 aliphatic carbocycles. The Labute approximate surface area is 137 Å². The molecule has 1 aliphatic heterocycles. The first-order chi connectivity index (χ1) is 10.6. The lowest BCUT2D eigenvalue weighted by Gasteiger charge is -2.38. The number of aliphatic hydroxyl groups is 1. The van der Waals surface area contributed by atoms with E-state index in [1.165, 1.54) is 6.92 Å². The largest absolute Gasteiger partial charge is 0.401 e. The maximum absolute atomic E-state index is 12.2. The Morgan fingerprint density at radius 2 is 2.00 bits per heavy atom. The van der Waals surface area contributed by atoms with Gasteiger partial charge in [-0.2, -0.15) is 13.2 Å². The lowest BCUT2D eigenvalue weighted by molar-refractivity contribution is -0.163. The Morgan fingerprint density at radius 1 is 1.39 bits per heavy atom. The zero-order valence-corrected chi connectivity index (χ0v) is 13.3. The maximum atomic E-state index is 12.2. The number of nitrogens with one attached hydrogen (secondary N) is 1. The van der Waals surface area contributed by atoms with Crippen LogP contribution in [-0.4, -0.2) is 48.3 Å². The molecule has 0 spiro atoms. The predicted octanol–water partition coefficient (Wildman–Crippen LogP) is 2.16. The molecule has 2 N–H and O–H groups in total. The standard InChI is InChI=1S/C15H18ClF3N2O2/c1-14(23,11-4-2-3-5-12(11)16)8-20-13(22)10-6-21(7-10)9-15(17,18)19/h2-5,10,23H,6-9H2,1H3,(H,20,22)/t14-/m1/s1. The predicted molar refractivity (Wildman–Crippen MR) is 80.0 cm³/mol. The van der Waals surface area contributed by atoms with Crippen LogP contribution >= 0.6 is 11.6 Å². The van der Waals surface area contributed by atoms with Gasteiger partial charge < -0.3 is 10.4 Å². The number of nitrogens with zero attached hydrogens (tertiary/aromatic N) is 1. The highest BCUT2D eigenvalue weighted by Gasteiger charge is 2.40. The molecule has 8 heteroatoms. The number of benzene rings is 1. The number of carbonyl (C=O) groups is 1. The fraction of sp³-hybridized carbons (Fsp3) is 0.533. The molecule has 1 aromatic rings. The van der Waals surface area contributed by atoms with E-state index in [1.807, 2.05) is 0 Å². The summed E-state index contributed by atoms with van der Waals surface area (Å²) in [6, 6.07) is 6.74. The Kier molecular flexibility index (Phi) is 5.23. The van der Waals surface area contributed by atoms with Crippen LogP contribution in [0, 0.1) is 5.92 Å². The first-order valence-electron chi connectivity index (χ1n) is 7.13. The van der Waals surface area contributed by atoms with E-state index in [0.29, 0.717) is 10.6 Å². The molecule has 0 saturated carbocycles. The first kappa shape index (κ1) is 18.0. The number of amides is 1. The topological polar surface area (TPSA) is 52.6 Å². The van der Waals surface area contributed by atoms with Crippen LogP contribution in [0.1, 0.15) is 12.5 Å². The van der Waals surface area contributed by atoms with Crippen molar-refractivity contribution < 1.29 is 23.1 Å². The molecule has 1 amide bonds. The molecule has 1 aromatic carbocycles. The highest BCUT2D eigenvalue weighted by molar-refractivity contribution is 6.31. The summed E-state index contributed by atoms with van der Waals surface area (Å²) in [6.07, 6.45) is -4.25. The first-order valence-corrected chi connectivity index (χ1v) is 7.50. The van der Waals surface area contributed by atoms with Crippen LogP contribution in [0.3, 0.4) is 0 Å². The summed E-state index contributed by atoms with van der Waals surface area (Å²) in [7, 11) is 0. The monoisotopic (exact) mass is 350 g/mol. The average molecular weight is 351 g/mol. The van der Waals surface area contributed by atoms with Crippen molar-refractivity contribution in [3.63, 3.8) is 0 Å². The third-order valence-corrected chi connectivity index (χ3v) is 4.12. The summed E-state index contributed by atoms with van der Waals surface area (Å²) in [5.74, 6) is -0.852. The van der Waals surface area contributed by atoms with E-state index >= 15 is 0 Å². The van der Waals surface area contributed by atoms with E-state index in [4.69, 9.17) is 11.6 Å².